The van der Waals surface area contributed by atoms with Gasteiger partial charge < -0.3 is 10.8 Å². The first-order chi connectivity index (χ1) is 5.60. The number of rotatable bonds is 2. The van der Waals surface area contributed by atoms with Crippen LogP contribution in [-0.2, 0) is 0 Å². The summed E-state index contributed by atoms with van der Waals surface area (Å²) in [5.41, 5.74) is 6.26. The summed E-state index contributed by atoms with van der Waals surface area (Å²) in [6.45, 7) is 12.9. The Morgan fingerprint density at radius 2 is 1.38 bits per heavy atom. The molecule has 2 heteroatoms. The molecule has 0 aromatic heterocycles. The third-order valence-electron chi connectivity index (χ3n) is 2.74. The molecule has 0 rings (SSSR count). The molecule has 0 spiro atoms. The van der Waals surface area contributed by atoms with Gasteiger partial charge in [-0.1, -0.05) is 41.5 Å². The van der Waals surface area contributed by atoms with Crippen LogP contribution in [0.25, 0.3) is 0 Å². The van der Waals surface area contributed by atoms with Crippen molar-refractivity contribution in [3.8, 4) is 0 Å². The highest BCUT2D eigenvalue weighted by atomic mass is 16.3. The molecule has 0 fully saturated rings. The summed E-state index contributed by atoms with van der Waals surface area (Å²) >= 11 is 0. The van der Waals surface area contributed by atoms with Crippen LogP contribution in [-0.4, -0.2) is 17.8 Å². The molecular formula is C11H25NO. The summed E-state index contributed by atoms with van der Waals surface area (Å²) < 4.78 is 0. The van der Waals surface area contributed by atoms with Crippen LogP contribution >= 0.6 is 0 Å². The predicted octanol–water partition coefficient (Wildman–Crippen LogP) is 2.01. The summed E-state index contributed by atoms with van der Waals surface area (Å²) in [5.74, 6) is 0.160. The fourth-order valence-electron chi connectivity index (χ4n) is 1.53. The zero-order chi connectivity index (χ0) is 10.9. The highest BCUT2D eigenvalue weighted by Crippen LogP contribution is 2.34. The Morgan fingerprint density at radius 1 is 1.00 bits per heavy atom. The lowest BCUT2D eigenvalue weighted by atomic mass is 9.69. The van der Waals surface area contributed by atoms with Crippen LogP contribution in [0.3, 0.4) is 0 Å². The van der Waals surface area contributed by atoms with Crippen molar-refractivity contribution >= 4 is 0 Å². The average Bonchev–Trinajstić information content (AvgIpc) is 1.83. The monoisotopic (exact) mass is 187 g/mol. The number of hydrogen-bond donors (Lipinski definition) is 2. The first-order valence-electron chi connectivity index (χ1n) is 4.97. The second kappa shape index (κ2) is 3.97. The van der Waals surface area contributed by atoms with Gasteiger partial charge in [0.25, 0.3) is 0 Å². The topological polar surface area (TPSA) is 46.2 Å². The minimum Gasteiger partial charge on any atom is -0.396 e. The molecule has 0 heterocycles. The lowest BCUT2D eigenvalue weighted by Crippen LogP contribution is -2.48. The molecule has 0 amide bonds. The van der Waals surface area contributed by atoms with Gasteiger partial charge in [0.1, 0.15) is 0 Å². The molecule has 0 aliphatic carbocycles. The fraction of sp³-hybridized carbons (Fsp3) is 1.00. The van der Waals surface area contributed by atoms with Crippen molar-refractivity contribution in [1.29, 1.82) is 0 Å². The van der Waals surface area contributed by atoms with E-state index >= 15 is 0 Å². The van der Waals surface area contributed by atoms with Gasteiger partial charge in [-0.15, -0.1) is 0 Å². The van der Waals surface area contributed by atoms with Gasteiger partial charge in [-0.3, -0.25) is 0 Å². The van der Waals surface area contributed by atoms with Gasteiger partial charge in [-0.2, -0.15) is 0 Å². The molecule has 80 valence electrons. The Kier molecular flexibility index (Phi) is 3.95. The molecule has 13 heavy (non-hydrogen) atoms. The number of nitrogens with two attached hydrogens (primary N) is 1. The van der Waals surface area contributed by atoms with Crippen molar-refractivity contribution < 1.29 is 5.11 Å². The highest BCUT2D eigenvalue weighted by Gasteiger charge is 2.35. The van der Waals surface area contributed by atoms with Gasteiger partial charge in [0.05, 0.1) is 0 Å². The van der Waals surface area contributed by atoms with Crippen molar-refractivity contribution in [3.63, 3.8) is 0 Å². The van der Waals surface area contributed by atoms with E-state index in [2.05, 4.69) is 41.5 Å². The summed E-state index contributed by atoms with van der Waals surface area (Å²) in [5, 5.41) is 9.32. The Balaban J connectivity index is 4.61. The smallest absolute Gasteiger partial charge is 0.0479 e. The molecule has 2 unspecified atom stereocenters. The molecule has 0 saturated heterocycles. The molecule has 0 aliphatic heterocycles. The van der Waals surface area contributed by atoms with Gasteiger partial charge >= 0.3 is 0 Å². The molecule has 2 atom stereocenters. The van der Waals surface area contributed by atoms with Crippen LogP contribution in [0.2, 0.25) is 0 Å². The van der Waals surface area contributed by atoms with Crippen LogP contribution < -0.4 is 5.73 Å². The van der Waals surface area contributed by atoms with E-state index in [-0.39, 0.29) is 29.4 Å². The van der Waals surface area contributed by atoms with E-state index in [4.69, 9.17) is 5.73 Å². The van der Waals surface area contributed by atoms with Gasteiger partial charge in [0.15, 0.2) is 0 Å². The zero-order valence-electron chi connectivity index (χ0n) is 9.89. The molecule has 0 radical (unpaired) electrons. The first-order valence-corrected chi connectivity index (χ1v) is 4.97. The van der Waals surface area contributed by atoms with E-state index in [1.165, 1.54) is 0 Å². The molecule has 3 N–H and O–H groups in total. The standard InChI is InChI=1S/C11H25NO/c1-10(2,3)8(7-13)9(12)11(4,5)6/h8-9,13H,7,12H2,1-6H3. The van der Waals surface area contributed by atoms with Gasteiger partial charge in [-0.25, -0.2) is 0 Å². The van der Waals surface area contributed by atoms with E-state index < -0.39 is 0 Å². The minimum atomic E-state index is 0.0394. The van der Waals surface area contributed by atoms with E-state index in [0.717, 1.165) is 0 Å². The third-order valence-corrected chi connectivity index (χ3v) is 2.74. The average molecular weight is 187 g/mol. The predicted molar refractivity (Wildman–Crippen MR) is 57.5 cm³/mol. The van der Waals surface area contributed by atoms with Crippen molar-refractivity contribution in [2.24, 2.45) is 22.5 Å². The van der Waals surface area contributed by atoms with Crippen molar-refractivity contribution in [2.75, 3.05) is 6.61 Å². The molecule has 0 aliphatic rings. The summed E-state index contributed by atoms with van der Waals surface area (Å²) in [6, 6.07) is 0.0394. The maximum atomic E-state index is 9.32. The van der Waals surface area contributed by atoms with Crippen LogP contribution in [0.15, 0.2) is 0 Å². The van der Waals surface area contributed by atoms with E-state index in [1.54, 1.807) is 0 Å². The van der Waals surface area contributed by atoms with Crippen molar-refractivity contribution in [1.82, 2.24) is 0 Å². The van der Waals surface area contributed by atoms with Crippen molar-refractivity contribution in [3.05, 3.63) is 0 Å². The Morgan fingerprint density at radius 3 is 1.46 bits per heavy atom. The molecule has 0 saturated carbocycles. The molecular weight excluding hydrogens is 162 g/mol. The number of hydrogen-bond acceptors (Lipinski definition) is 2. The Bertz CT molecular complexity index is 152. The fourth-order valence-corrected chi connectivity index (χ4v) is 1.53. The van der Waals surface area contributed by atoms with Gasteiger partial charge in [0, 0.05) is 18.6 Å². The van der Waals surface area contributed by atoms with Crippen LogP contribution in [0, 0.1) is 16.7 Å². The lowest BCUT2D eigenvalue weighted by Gasteiger charge is -2.40. The summed E-state index contributed by atoms with van der Waals surface area (Å²) in [7, 11) is 0. The number of aliphatic hydroxyl groups is 1. The van der Waals surface area contributed by atoms with E-state index in [1.807, 2.05) is 0 Å². The SMILES string of the molecule is CC(C)(C)C(N)C(CO)C(C)(C)C. The second-order valence-electron chi connectivity index (χ2n) is 6.05. The first kappa shape index (κ1) is 12.9. The largest absolute Gasteiger partial charge is 0.396 e. The van der Waals surface area contributed by atoms with Crippen LogP contribution in [0.5, 0.6) is 0 Å². The molecule has 0 aromatic rings. The quantitative estimate of drug-likeness (QED) is 0.694. The second-order valence-corrected chi connectivity index (χ2v) is 6.05. The van der Waals surface area contributed by atoms with E-state index in [0.29, 0.717) is 0 Å². The Labute approximate surface area is 82.5 Å². The normalized spacial score (nSPS) is 18.5. The van der Waals surface area contributed by atoms with Crippen molar-refractivity contribution in [2.45, 2.75) is 47.6 Å². The summed E-state index contributed by atoms with van der Waals surface area (Å²) in [6.07, 6.45) is 0. The van der Waals surface area contributed by atoms with E-state index in [9.17, 15) is 5.11 Å². The Hall–Kier alpha value is -0.0800. The molecule has 2 nitrogen and oxygen atoms in total. The maximum absolute atomic E-state index is 9.32. The van der Waals surface area contributed by atoms with Crippen LogP contribution in [0.4, 0.5) is 0 Å². The number of aliphatic hydroxyl groups excluding tert-OH is 1. The maximum Gasteiger partial charge on any atom is 0.0479 e. The highest BCUT2D eigenvalue weighted by molar-refractivity contribution is 4.89. The van der Waals surface area contributed by atoms with Crippen LogP contribution in [0.1, 0.15) is 41.5 Å². The van der Waals surface area contributed by atoms with Gasteiger partial charge in [-0.05, 0) is 10.8 Å². The lowest BCUT2D eigenvalue weighted by molar-refractivity contribution is 0.0679. The zero-order valence-corrected chi connectivity index (χ0v) is 9.89. The third kappa shape index (κ3) is 3.65. The molecule has 0 bridgehead atoms. The minimum absolute atomic E-state index is 0.0394. The van der Waals surface area contributed by atoms with Gasteiger partial charge in [0.2, 0.25) is 0 Å². The molecule has 0 aromatic carbocycles. The summed E-state index contributed by atoms with van der Waals surface area (Å²) in [4.78, 5) is 0.